The number of halogens is 4. The fourth-order valence-electron chi connectivity index (χ4n) is 3.42. The third-order valence-electron chi connectivity index (χ3n) is 5.09. The first kappa shape index (κ1) is 29.5. The molecular weight excluding hydrogens is 556 g/mol. The normalized spacial score (nSPS) is 12.2. The molecule has 2 aromatic rings. The minimum Gasteiger partial charge on any atom is -0.354 e. The number of hydrogen-bond acceptors (Lipinski definition) is 4. The molecule has 2 amide bonds. The summed E-state index contributed by atoms with van der Waals surface area (Å²) in [5.41, 5.74) is 0.766. The molecule has 7 nitrogen and oxygen atoms in total. The molecule has 1 N–H and O–H groups in total. The van der Waals surface area contributed by atoms with Crippen LogP contribution in [0.4, 0.5) is 5.69 Å². The zero-order valence-electron chi connectivity index (χ0n) is 19.5. The molecule has 0 fully saturated rings. The molecule has 0 aliphatic rings. The number of sulfonamides is 1. The average molecular weight is 583 g/mol. The maximum atomic E-state index is 13.6. The van der Waals surface area contributed by atoms with Gasteiger partial charge in [-0.15, -0.1) is 0 Å². The van der Waals surface area contributed by atoms with Crippen LogP contribution in [0, 0.1) is 0 Å². The monoisotopic (exact) mass is 581 g/mol. The van der Waals surface area contributed by atoms with Gasteiger partial charge in [-0.05, 0) is 48.7 Å². The number of rotatable bonds is 11. The van der Waals surface area contributed by atoms with Gasteiger partial charge in [0.15, 0.2) is 0 Å². The first-order chi connectivity index (χ1) is 16.4. The highest BCUT2D eigenvalue weighted by Gasteiger charge is 2.32. The lowest BCUT2D eigenvalue weighted by Gasteiger charge is -2.33. The molecule has 12 heteroatoms. The second-order valence-electron chi connectivity index (χ2n) is 7.88. The molecular formula is C23H27Cl4N3O4S. The predicted molar refractivity (Wildman–Crippen MR) is 143 cm³/mol. The van der Waals surface area contributed by atoms with Crippen molar-refractivity contribution in [2.24, 2.45) is 0 Å². The van der Waals surface area contributed by atoms with Gasteiger partial charge >= 0.3 is 0 Å². The lowest BCUT2D eigenvalue weighted by atomic mass is 10.1. The molecule has 0 saturated heterocycles. The summed E-state index contributed by atoms with van der Waals surface area (Å²) in [6.45, 7) is 3.59. The molecule has 0 radical (unpaired) electrons. The standard InChI is InChI=1S/C23H27Cl4N3O4S/c1-4-8-28-23(32)21(5-2)29(13-15-6-7-19(26)20(27)9-15)22(31)14-30(35(3,33)34)18-11-16(24)10-17(25)12-18/h6-7,9-12,21H,4-5,8,13-14H2,1-3H3,(H,28,32)/t21-/m0/s1. The molecule has 0 aliphatic heterocycles. The van der Waals surface area contributed by atoms with Crippen LogP contribution < -0.4 is 9.62 Å². The van der Waals surface area contributed by atoms with Gasteiger partial charge in [-0.1, -0.05) is 66.3 Å². The van der Waals surface area contributed by atoms with Crippen LogP contribution in [-0.2, 0) is 26.2 Å². The molecule has 0 aliphatic carbocycles. The van der Waals surface area contributed by atoms with Crippen LogP contribution in [0.1, 0.15) is 32.3 Å². The molecule has 2 rings (SSSR count). The summed E-state index contributed by atoms with van der Waals surface area (Å²) in [6, 6.07) is 8.30. The topological polar surface area (TPSA) is 86.8 Å². The average Bonchev–Trinajstić information content (AvgIpc) is 2.76. The highest BCUT2D eigenvalue weighted by atomic mass is 35.5. The number of carbonyl (C=O) groups excluding carboxylic acids is 2. The maximum Gasteiger partial charge on any atom is 0.244 e. The first-order valence-corrected chi connectivity index (χ1v) is 14.2. The number of carbonyl (C=O) groups is 2. The van der Waals surface area contributed by atoms with Crippen LogP contribution >= 0.6 is 46.4 Å². The molecule has 0 spiro atoms. The summed E-state index contributed by atoms with van der Waals surface area (Å²) in [7, 11) is -3.90. The van der Waals surface area contributed by atoms with Crippen molar-refractivity contribution in [3.05, 3.63) is 62.1 Å². The van der Waals surface area contributed by atoms with Crippen LogP contribution in [0.2, 0.25) is 20.1 Å². The number of benzene rings is 2. The van der Waals surface area contributed by atoms with Crippen LogP contribution in [-0.4, -0.2) is 50.5 Å². The minimum absolute atomic E-state index is 0.0156. The lowest BCUT2D eigenvalue weighted by molar-refractivity contribution is -0.140. The summed E-state index contributed by atoms with van der Waals surface area (Å²) in [5, 5.41) is 3.88. The maximum absolute atomic E-state index is 13.6. The Morgan fingerprint density at radius 2 is 1.60 bits per heavy atom. The Hall–Kier alpha value is -1.71. The van der Waals surface area contributed by atoms with E-state index in [1.165, 1.54) is 23.1 Å². The van der Waals surface area contributed by atoms with Crippen molar-refractivity contribution in [2.45, 2.75) is 39.3 Å². The fourth-order valence-corrected chi connectivity index (χ4v) is 5.09. The highest BCUT2D eigenvalue weighted by molar-refractivity contribution is 7.92. The Kier molecular flexibility index (Phi) is 11.0. The first-order valence-electron chi connectivity index (χ1n) is 10.8. The number of nitrogens with one attached hydrogen (secondary N) is 1. The van der Waals surface area contributed by atoms with E-state index in [9.17, 15) is 18.0 Å². The molecule has 1 atom stereocenters. The molecule has 0 unspecified atom stereocenters. The molecule has 2 aromatic carbocycles. The predicted octanol–water partition coefficient (Wildman–Crippen LogP) is 5.40. The minimum atomic E-state index is -3.90. The summed E-state index contributed by atoms with van der Waals surface area (Å²) < 4.78 is 26.2. The van der Waals surface area contributed by atoms with Crippen molar-refractivity contribution in [2.75, 3.05) is 23.7 Å². The van der Waals surface area contributed by atoms with E-state index in [0.29, 0.717) is 28.6 Å². The van der Waals surface area contributed by atoms with E-state index in [-0.39, 0.29) is 28.2 Å². The van der Waals surface area contributed by atoms with E-state index in [0.717, 1.165) is 17.0 Å². The molecule has 0 saturated carbocycles. The largest absolute Gasteiger partial charge is 0.354 e. The van der Waals surface area contributed by atoms with Crippen molar-refractivity contribution in [1.82, 2.24) is 10.2 Å². The zero-order chi connectivity index (χ0) is 26.3. The molecule has 0 bridgehead atoms. The Balaban J connectivity index is 2.48. The molecule has 0 heterocycles. The van der Waals surface area contributed by atoms with Gasteiger partial charge in [0.1, 0.15) is 12.6 Å². The van der Waals surface area contributed by atoms with Crippen LogP contribution in [0.15, 0.2) is 36.4 Å². The van der Waals surface area contributed by atoms with E-state index in [1.54, 1.807) is 25.1 Å². The Morgan fingerprint density at radius 1 is 0.971 bits per heavy atom. The second kappa shape index (κ2) is 13.0. The molecule has 35 heavy (non-hydrogen) atoms. The van der Waals surface area contributed by atoms with Gasteiger partial charge in [-0.2, -0.15) is 0 Å². The second-order valence-corrected chi connectivity index (χ2v) is 11.5. The van der Waals surface area contributed by atoms with E-state index < -0.39 is 28.5 Å². The van der Waals surface area contributed by atoms with Crippen LogP contribution in [0.5, 0.6) is 0 Å². The van der Waals surface area contributed by atoms with Gasteiger partial charge in [0.2, 0.25) is 21.8 Å². The summed E-state index contributed by atoms with van der Waals surface area (Å²) in [4.78, 5) is 27.8. The van der Waals surface area contributed by atoms with Crippen LogP contribution in [0.3, 0.4) is 0 Å². The molecule has 192 valence electrons. The van der Waals surface area contributed by atoms with Crippen molar-refractivity contribution in [3.63, 3.8) is 0 Å². The number of anilines is 1. The van der Waals surface area contributed by atoms with E-state index in [1.807, 2.05) is 6.92 Å². The summed E-state index contributed by atoms with van der Waals surface area (Å²) >= 11 is 24.3. The number of nitrogens with zero attached hydrogens (tertiary/aromatic N) is 2. The van der Waals surface area contributed by atoms with Crippen molar-refractivity contribution < 1.29 is 18.0 Å². The smallest absolute Gasteiger partial charge is 0.244 e. The van der Waals surface area contributed by atoms with E-state index in [2.05, 4.69) is 5.32 Å². The summed E-state index contributed by atoms with van der Waals surface area (Å²) in [5.74, 6) is -0.921. The quantitative estimate of drug-likeness (QED) is 0.384. The van der Waals surface area contributed by atoms with Crippen molar-refractivity contribution in [3.8, 4) is 0 Å². The van der Waals surface area contributed by atoms with Gasteiger partial charge in [-0.3, -0.25) is 13.9 Å². The van der Waals surface area contributed by atoms with E-state index >= 15 is 0 Å². The SMILES string of the molecule is CCCNC(=O)[C@H](CC)N(Cc1ccc(Cl)c(Cl)c1)C(=O)CN(c1cc(Cl)cc(Cl)c1)S(C)(=O)=O. The van der Waals surface area contributed by atoms with Gasteiger partial charge < -0.3 is 10.2 Å². The number of hydrogen-bond donors (Lipinski definition) is 1. The van der Waals surface area contributed by atoms with Crippen molar-refractivity contribution in [1.29, 1.82) is 0 Å². The van der Waals surface area contributed by atoms with Gasteiger partial charge in [0.25, 0.3) is 0 Å². The Bertz CT molecular complexity index is 1160. The fraction of sp³-hybridized carbons (Fsp3) is 0.391. The lowest BCUT2D eigenvalue weighted by Crippen LogP contribution is -2.52. The number of amides is 2. The zero-order valence-corrected chi connectivity index (χ0v) is 23.4. The van der Waals surface area contributed by atoms with Gasteiger partial charge in [0, 0.05) is 23.1 Å². The molecule has 0 aromatic heterocycles. The van der Waals surface area contributed by atoms with Crippen LogP contribution in [0.25, 0.3) is 0 Å². The van der Waals surface area contributed by atoms with Gasteiger partial charge in [-0.25, -0.2) is 8.42 Å². The highest BCUT2D eigenvalue weighted by Crippen LogP contribution is 2.28. The Labute approximate surface area is 226 Å². The van der Waals surface area contributed by atoms with Gasteiger partial charge in [0.05, 0.1) is 22.0 Å². The van der Waals surface area contributed by atoms with Crippen molar-refractivity contribution >= 4 is 73.9 Å². The summed E-state index contributed by atoms with van der Waals surface area (Å²) in [6.07, 6.45) is 2.01. The Morgan fingerprint density at radius 3 is 2.11 bits per heavy atom. The third-order valence-corrected chi connectivity index (χ3v) is 7.40. The third kappa shape index (κ3) is 8.43. The van der Waals surface area contributed by atoms with E-state index in [4.69, 9.17) is 46.4 Å².